The molecule has 2 aromatic rings. The Kier molecular flexibility index (Phi) is 6.05. The van der Waals surface area contributed by atoms with Crippen molar-refractivity contribution in [3.8, 4) is 11.3 Å². The minimum Gasteiger partial charge on any atom is -0.455 e. The van der Waals surface area contributed by atoms with Crippen LogP contribution in [0.2, 0.25) is 0 Å². The van der Waals surface area contributed by atoms with Crippen molar-refractivity contribution in [2.75, 3.05) is 0 Å². The van der Waals surface area contributed by atoms with Crippen LogP contribution in [0.4, 0.5) is 4.39 Å². The third-order valence-electron chi connectivity index (χ3n) is 5.02. The molecule has 1 aliphatic rings. The molecule has 1 aromatic heterocycles. The molecule has 156 valence electrons. The summed E-state index contributed by atoms with van der Waals surface area (Å²) in [6, 6.07) is 5.86. The van der Waals surface area contributed by atoms with Gasteiger partial charge in [0, 0.05) is 17.5 Å². The van der Waals surface area contributed by atoms with Crippen LogP contribution in [0.1, 0.15) is 58.8 Å². The van der Waals surface area contributed by atoms with Crippen LogP contribution < -0.4 is 5.32 Å². The van der Waals surface area contributed by atoms with Gasteiger partial charge in [0.05, 0.1) is 11.6 Å². The van der Waals surface area contributed by atoms with Crippen LogP contribution in [0.25, 0.3) is 11.3 Å². The number of halogens is 1. The number of ether oxygens (including phenoxy) is 1. The van der Waals surface area contributed by atoms with Crippen molar-refractivity contribution in [1.29, 1.82) is 0 Å². The lowest BCUT2D eigenvalue weighted by Gasteiger charge is -2.28. The second kappa shape index (κ2) is 8.35. The van der Waals surface area contributed by atoms with Gasteiger partial charge in [-0.2, -0.15) is 0 Å². The summed E-state index contributed by atoms with van der Waals surface area (Å²) in [5.41, 5.74) is -0.459. The number of nitrogens with one attached hydrogen (secondary N) is 1. The second-order valence-electron chi connectivity index (χ2n) is 8.66. The highest BCUT2D eigenvalue weighted by molar-refractivity contribution is 5.86. The van der Waals surface area contributed by atoms with Gasteiger partial charge in [0.15, 0.2) is 12.4 Å². The Morgan fingerprint density at radius 3 is 2.48 bits per heavy atom. The Labute approximate surface area is 169 Å². The highest BCUT2D eigenvalue weighted by Crippen LogP contribution is 2.42. The van der Waals surface area contributed by atoms with Gasteiger partial charge in [-0.1, -0.05) is 12.8 Å². The first-order valence-corrected chi connectivity index (χ1v) is 9.86. The van der Waals surface area contributed by atoms with Crippen molar-refractivity contribution in [2.24, 2.45) is 5.41 Å². The van der Waals surface area contributed by atoms with E-state index in [-0.39, 0.29) is 42.2 Å². The van der Waals surface area contributed by atoms with Crippen LogP contribution in [0.5, 0.6) is 0 Å². The minimum absolute atomic E-state index is 0.108. The summed E-state index contributed by atoms with van der Waals surface area (Å²) in [5.74, 6) is -0.146. The number of hydrogen-bond donors (Lipinski definition) is 1. The van der Waals surface area contributed by atoms with E-state index in [0.717, 1.165) is 12.8 Å². The smallest absolute Gasteiger partial charge is 0.313 e. The van der Waals surface area contributed by atoms with E-state index in [9.17, 15) is 14.0 Å². The van der Waals surface area contributed by atoms with E-state index < -0.39 is 5.41 Å². The van der Waals surface area contributed by atoms with Crippen LogP contribution in [0.3, 0.4) is 0 Å². The van der Waals surface area contributed by atoms with Crippen molar-refractivity contribution in [3.63, 3.8) is 0 Å². The molecule has 1 amide bonds. The van der Waals surface area contributed by atoms with Gasteiger partial charge in [0.2, 0.25) is 11.8 Å². The number of amides is 1. The lowest BCUT2D eigenvalue weighted by atomic mass is 9.82. The fourth-order valence-electron chi connectivity index (χ4n) is 3.68. The molecule has 1 N–H and O–H groups in total. The van der Waals surface area contributed by atoms with Crippen molar-refractivity contribution >= 4 is 11.9 Å². The summed E-state index contributed by atoms with van der Waals surface area (Å²) in [5, 5.41) is 2.92. The highest BCUT2D eigenvalue weighted by atomic mass is 19.1. The lowest BCUT2D eigenvalue weighted by Crippen LogP contribution is -2.44. The normalized spacial score (nSPS) is 15.9. The van der Waals surface area contributed by atoms with Crippen molar-refractivity contribution < 1.29 is 23.1 Å². The summed E-state index contributed by atoms with van der Waals surface area (Å²) in [7, 11) is 0. The molecule has 0 saturated heterocycles. The van der Waals surface area contributed by atoms with Crippen molar-refractivity contribution in [3.05, 3.63) is 42.2 Å². The maximum absolute atomic E-state index is 13.1. The molecule has 29 heavy (non-hydrogen) atoms. The third kappa shape index (κ3) is 5.43. The molecular formula is C22H27FN2O4. The molecule has 3 rings (SSSR count). The van der Waals surface area contributed by atoms with Crippen LogP contribution in [-0.2, 0) is 20.9 Å². The molecular weight excluding hydrogens is 375 g/mol. The summed E-state index contributed by atoms with van der Waals surface area (Å²) in [6.45, 7) is 5.62. The topological polar surface area (TPSA) is 81.4 Å². The Morgan fingerprint density at radius 1 is 1.21 bits per heavy atom. The van der Waals surface area contributed by atoms with Crippen molar-refractivity contribution in [2.45, 2.75) is 65.0 Å². The molecule has 7 heteroatoms. The molecule has 6 nitrogen and oxygen atoms in total. The number of aromatic nitrogens is 1. The molecule has 0 unspecified atom stereocenters. The van der Waals surface area contributed by atoms with Crippen LogP contribution in [0.15, 0.2) is 34.9 Å². The number of benzene rings is 1. The average Bonchev–Trinajstić information content (AvgIpc) is 3.29. The van der Waals surface area contributed by atoms with E-state index in [1.54, 1.807) is 12.1 Å². The number of nitrogens with zero attached hydrogens (tertiary/aromatic N) is 1. The quantitative estimate of drug-likeness (QED) is 0.725. The van der Waals surface area contributed by atoms with E-state index in [0.29, 0.717) is 24.2 Å². The summed E-state index contributed by atoms with van der Waals surface area (Å²) < 4.78 is 24.1. The first-order chi connectivity index (χ1) is 13.7. The van der Waals surface area contributed by atoms with Gasteiger partial charge in [-0.25, -0.2) is 9.37 Å². The van der Waals surface area contributed by atoms with Gasteiger partial charge < -0.3 is 14.5 Å². The van der Waals surface area contributed by atoms with Crippen LogP contribution in [0, 0.1) is 11.2 Å². The largest absolute Gasteiger partial charge is 0.455 e. The molecule has 1 aromatic carbocycles. The Bertz CT molecular complexity index is 862. The predicted molar refractivity (Wildman–Crippen MR) is 105 cm³/mol. The fraction of sp³-hybridized carbons (Fsp3) is 0.500. The highest BCUT2D eigenvalue weighted by Gasteiger charge is 2.44. The number of carbonyl (C=O) groups excluding carboxylic acids is 2. The molecule has 0 radical (unpaired) electrons. The Hall–Kier alpha value is -2.70. The lowest BCUT2D eigenvalue weighted by molar-refractivity contribution is -0.160. The van der Waals surface area contributed by atoms with Gasteiger partial charge in [0.1, 0.15) is 5.82 Å². The number of oxazole rings is 1. The first kappa shape index (κ1) is 21.0. The van der Waals surface area contributed by atoms with E-state index in [2.05, 4.69) is 10.3 Å². The number of rotatable bonds is 6. The van der Waals surface area contributed by atoms with Gasteiger partial charge >= 0.3 is 5.97 Å². The zero-order valence-corrected chi connectivity index (χ0v) is 17.1. The number of carbonyl (C=O) groups is 2. The SMILES string of the molecule is CC(C)(C)NC(=O)CC1(C(=O)OCc2ncc(-c3ccc(F)cc3)o2)CCCC1. The van der Waals surface area contributed by atoms with E-state index >= 15 is 0 Å². The molecule has 0 atom stereocenters. The van der Waals surface area contributed by atoms with Gasteiger partial charge in [-0.3, -0.25) is 9.59 Å². The van der Waals surface area contributed by atoms with E-state index in [1.807, 2.05) is 20.8 Å². The van der Waals surface area contributed by atoms with E-state index in [4.69, 9.17) is 9.15 Å². The van der Waals surface area contributed by atoms with Gasteiger partial charge in [0.25, 0.3) is 0 Å². The molecule has 0 aliphatic heterocycles. The fourth-order valence-corrected chi connectivity index (χ4v) is 3.68. The molecule has 1 fully saturated rings. The van der Waals surface area contributed by atoms with Crippen LogP contribution >= 0.6 is 0 Å². The van der Waals surface area contributed by atoms with E-state index in [1.165, 1.54) is 18.3 Å². The summed E-state index contributed by atoms with van der Waals surface area (Å²) in [6.07, 6.45) is 4.69. The number of esters is 1. The zero-order chi connectivity index (χ0) is 21.1. The molecule has 0 spiro atoms. The summed E-state index contributed by atoms with van der Waals surface area (Å²) in [4.78, 5) is 29.4. The third-order valence-corrected chi connectivity index (χ3v) is 5.02. The molecule has 1 heterocycles. The minimum atomic E-state index is -0.790. The maximum Gasteiger partial charge on any atom is 0.313 e. The summed E-state index contributed by atoms with van der Waals surface area (Å²) >= 11 is 0. The van der Waals surface area contributed by atoms with Crippen LogP contribution in [-0.4, -0.2) is 22.4 Å². The van der Waals surface area contributed by atoms with Crippen molar-refractivity contribution in [1.82, 2.24) is 10.3 Å². The van der Waals surface area contributed by atoms with Gasteiger partial charge in [-0.15, -0.1) is 0 Å². The second-order valence-corrected chi connectivity index (χ2v) is 8.66. The Balaban J connectivity index is 1.62. The standard InChI is InChI=1S/C22H27FN2O4/c1-21(2,3)25-18(26)12-22(10-4-5-11-22)20(27)28-14-19-24-13-17(29-19)15-6-8-16(23)9-7-15/h6-9,13H,4-5,10-12,14H2,1-3H3,(H,25,26). The molecule has 1 saturated carbocycles. The zero-order valence-electron chi connectivity index (χ0n) is 17.1. The average molecular weight is 402 g/mol. The molecule has 1 aliphatic carbocycles. The Morgan fingerprint density at radius 2 is 1.86 bits per heavy atom. The first-order valence-electron chi connectivity index (χ1n) is 9.86. The maximum atomic E-state index is 13.1. The molecule has 0 bridgehead atoms. The van der Waals surface area contributed by atoms with Gasteiger partial charge in [-0.05, 0) is 57.9 Å². The monoisotopic (exact) mass is 402 g/mol. The number of hydrogen-bond acceptors (Lipinski definition) is 5. The predicted octanol–water partition coefficient (Wildman–Crippen LogP) is 4.39.